The van der Waals surface area contributed by atoms with Crippen LogP contribution >= 0.6 is 0 Å². The summed E-state index contributed by atoms with van der Waals surface area (Å²) in [6.07, 6.45) is -0.266. The van der Waals surface area contributed by atoms with Gasteiger partial charge in [-0.15, -0.1) is 0 Å². The first kappa shape index (κ1) is 19.6. The van der Waals surface area contributed by atoms with E-state index < -0.39 is 11.7 Å². The van der Waals surface area contributed by atoms with Crippen molar-refractivity contribution >= 4 is 0 Å². The number of ether oxygens (including phenoxy) is 3. The molecular weight excluding hydrogens is 334 g/mol. The van der Waals surface area contributed by atoms with E-state index in [1.165, 1.54) is 0 Å². The van der Waals surface area contributed by atoms with Gasteiger partial charge in [0.1, 0.15) is 23.4 Å². The van der Waals surface area contributed by atoms with Crippen LogP contribution in [-0.4, -0.2) is 18.8 Å². The van der Waals surface area contributed by atoms with Crippen LogP contribution in [0.4, 0.5) is 0 Å². The Labute approximate surface area is 153 Å². The molecule has 0 spiro atoms. The Kier molecular flexibility index (Phi) is 6.08. The first-order chi connectivity index (χ1) is 12.2. The van der Waals surface area contributed by atoms with Crippen LogP contribution in [0.3, 0.4) is 0 Å². The molecule has 0 aliphatic carbocycles. The SMILES string of the molecule is COc1cc(OC[N+](=O)[O-])ccc1C(C)Oc1ccccc1C(C)(C)C. The summed E-state index contributed by atoms with van der Waals surface area (Å²) in [4.78, 5) is 9.92. The zero-order valence-corrected chi connectivity index (χ0v) is 15.8. The van der Waals surface area contributed by atoms with Crippen molar-refractivity contribution in [2.45, 2.75) is 39.2 Å². The van der Waals surface area contributed by atoms with Crippen molar-refractivity contribution in [3.63, 3.8) is 0 Å². The Morgan fingerprint density at radius 2 is 1.81 bits per heavy atom. The minimum atomic E-state index is -0.590. The molecule has 2 aromatic carbocycles. The highest BCUT2D eigenvalue weighted by Gasteiger charge is 2.21. The van der Waals surface area contributed by atoms with Crippen molar-refractivity contribution in [1.82, 2.24) is 0 Å². The predicted molar refractivity (Wildman–Crippen MR) is 99.7 cm³/mol. The molecule has 0 saturated heterocycles. The zero-order valence-electron chi connectivity index (χ0n) is 15.8. The van der Waals surface area contributed by atoms with Gasteiger partial charge < -0.3 is 14.2 Å². The molecule has 0 aliphatic heterocycles. The lowest BCUT2D eigenvalue weighted by molar-refractivity contribution is -0.514. The maximum atomic E-state index is 10.4. The van der Waals surface area contributed by atoms with Gasteiger partial charge in [0.15, 0.2) is 0 Å². The Hall–Kier alpha value is -2.76. The molecule has 0 radical (unpaired) electrons. The van der Waals surface area contributed by atoms with Gasteiger partial charge in [-0.05, 0) is 36.1 Å². The molecule has 0 heterocycles. The largest absolute Gasteiger partial charge is 0.496 e. The third kappa shape index (κ3) is 4.88. The maximum absolute atomic E-state index is 10.4. The molecule has 0 bridgehead atoms. The normalized spacial score (nSPS) is 12.3. The average molecular weight is 359 g/mol. The number of rotatable bonds is 7. The highest BCUT2D eigenvalue weighted by atomic mass is 16.7. The maximum Gasteiger partial charge on any atom is 0.344 e. The topological polar surface area (TPSA) is 70.8 Å². The van der Waals surface area contributed by atoms with Crippen molar-refractivity contribution in [2.75, 3.05) is 13.8 Å². The molecule has 26 heavy (non-hydrogen) atoms. The number of methoxy groups -OCH3 is 1. The molecule has 1 atom stereocenters. The second-order valence-corrected chi connectivity index (χ2v) is 7.02. The summed E-state index contributed by atoms with van der Waals surface area (Å²) in [5.74, 6) is 1.76. The quantitative estimate of drug-likeness (QED) is 0.405. The summed E-state index contributed by atoms with van der Waals surface area (Å²) in [5.41, 5.74) is 1.92. The zero-order chi connectivity index (χ0) is 19.3. The van der Waals surface area contributed by atoms with E-state index in [9.17, 15) is 10.1 Å². The standard InChI is InChI=1S/C20H25NO5/c1-14(26-18-9-7-6-8-17(18)20(2,3)4)16-11-10-15(12-19(16)24-5)25-13-21(22)23/h6-12,14H,13H2,1-5H3. The minimum absolute atomic E-state index is 0.0410. The van der Waals surface area contributed by atoms with Crippen LogP contribution < -0.4 is 14.2 Å². The van der Waals surface area contributed by atoms with Crippen molar-refractivity contribution < 1.29 is 19.1 Å². The first-order valence-electron chi connectivity index (χ1n) is 8.41. The van der Waals surface area contributed by atoms with Crippen molar-refractivity contribution in [3.05, 3.63) is 63.7 Å². The molecular formula is C20H25NO5. The van der Waals surface area contributed by atoms with Crippen LogP contribution in [0.2, 0.25) is 0 Å². The molecule has 0 N–H and O–H groups in total. The number of nitrogens with zero attached hydrogens (tertiary/aromatic N) is 1. The van der Waals surface area contributed by atoms with Gasteiger partial charge in [-0.1, -0.05) is 39.0 Å². The summed E-state index contributed by atoms with van der Waals surface area (Å²) in [6, 6.07) is 13.1. The summed E-state index contributed by atoms with van der Waals surface area (Å²) >= 11 is 0. The molecule has 0 amide bonds. The van der Waals surface area contributed by atoms with E-state index in [0.29, 0.717) is 11.5 Å². The van der Waals surface area contributed by atoms with Gasteiger partial charge in [0.2, 0.25) is 0 Å². The third-order valence-electron chi connectivity index (χ3n) is 3.98. The minimum Gasteiger partial charge on any atom is -0.496 e. The van der Waals surface area contributed by atoms with E-state index in [1.807, 2.05) is 25.1 Å². The monoisotopic (exact) mass is 359 g/mol. The van der Waals surface area contributed by atoms with Crippen LogP contribution in [0.1, 0.15) is 44.9 Å². The highest BCUT2D eigenvalue weighted by Crippen LogP contribution is 2.36. The van der Waals surface area contributed by atoms with Crippen LogP contribution in [0, 0.1) is 10.1 Å². The van der Waals surface area contributed by atoms with Gasteiger partial charge in [-0.25, -0.2) is 0 Å². The number of hydrogen-bond acceptors (Lipinski definition) is 5. The van der Waals surface area contributed by atoms with Gasteiger partial charge in [0, 0.05) is 11.6 Å². The molecule has 0 aromatic heterocycles. The van der Waals surface area contributed by atoms with E-state index in [4.69, 9.17) is 14.2 Å². The van der Waals surface area contributed by atoms with E-state index in [2.05, 4.69) is 26.8 Å². The number of hydrogen-bond donors (Lipinski definition) is 0. The van der Waals surface area contributed by atoms with Gasteiger partial charge >= 0.3 is 6.73 Å². The molecule has 2 aromatic rings. The summed E-state index contributed by atoms with van der Waals surface area (Å²) in [6.45, 7) is 7.77. The van der Waals surface area contributed by atoms with Crippen molar-refractivity contribution in [1.29, 1.82) is 0 Å². The fourth-order valence-electron chi connectivity index (χ4n) is 2.69. The summed E-state index contributed by atoms with van der Waals surface area (Å²) in [5, 5.41) is 10.4. The third-order valence-corrected chi connectivity index (χ3v) is 3.98. The Balaban J connectivity index is 2.25. The van der Waals surface area contributed by atoms with Crippen LogP contribution in [0.25, 0.3) is 0 Å². The van der Waals surface area contributed by atoms with Gasteiger partial charge in [0.05, 0.1) is 12.0 Å². The van der Waals surface area contributed by atoms with Crippen LogP contribution in [-0.2, 0) is 5.41 Å². The molecule has 2 rings (SSSR count). The molecule has 0 fully saturated rings. The van der Waals surface area contributed by atoms with Crippen LogP contribution in [0.15, 0.2) is 42.5 Å². The number of benzene rings is 2. The number of nitro groups is 1. The van der Waals surface area contributed by atoms with E-state index >= 15 is 0 Å². The van der Waals surface area contributed by atoms with Crippen molar-refractivity contribution in [2.24, 2.45) is 0 Å². The molecule has 140 valence electrons. The Bertz CT molecular complexity index is 767. The summed E-state index contributed by atoms with van der Waals surface area (Å²) < 4.78 is 16.7. The smallest absolute Gasteiger partial charge is 0.344 e. The lowest BCUT2D eigenvalue weighted by Gasteiger charge is -2.25. The van der Waals surface area contributed by atoms with Gasteiger partial charge in [0.25, 0.3) is 0 Å². The number of para-hydroxylation sites is 1. The van der Waals surface area contributed by atoms with E-state index in [-0.39, 0.29) is 11.5 Å². The van der Waals surface area contributed by atoms with E-state index in [0.717, 1.165) is 16.9 Å². The highest BCUT2D eigenvalue weighted by molar-refractivity contribution is 5.43. The van der Waals surface area contributed by atoms with Crippen LogP contribution in [0.5, 0.6) is 17.2 Å². The fraction of sp³-hybridized carbons (Fsp3) is 0.400. The van der Waals surface area contributed by atoms with Gasteiger partial charge in [-0.3, -0.25) is 10.1 Å². The Morgan fingerprint density at radius 1 is 1.12 bits per heavy atom. The average Bonchev–Trinajstić information content (AvgIpc) is 2.59. The molecule has 6 heteroatoms. The second-order valence-electron chi connectivity index (χ2n) is 7.02. The fourth-order valence-corrected chi connectivity index (χ4v) is 2.69. The first-order valence-corrected chi connectivity index (χ1v) is 8.41. The predicted octanol–water partition coefficient (Wildman–Crippen LogP) is 4.75. The lowest BCUT2D eigenvalue weighted by atomic mass is 9.86. The second kappa shape index (κ2) is 8.08. The van der Waals surface area contributed by atoms with Crippen molar-refractivity contribution in [3.8, 4) is 17.2 Å². The molecule has 1 unspecified atom stereocenters. The summed E-state index contributed by atoms with van der Waals surface area (Å²) in [7, 11) is 1.55. The molecule has 0 saturated carbocycles. The van der Waals surface area contributed by atoms with Gasteiger partial charge in [-0.2, -0.15) is 0 Å². The lowest BCUT2D eigenvalue weighted by Crippen LogP contribution is -2.15. The molecule has 0 aliphatic rings. The van der Waals surface area contributed by atoms with E-state index in [1.54, 1.807) is 25.3 Å². The molecule has 6 nitrogen and oxygen atoms in total. The Morgan fingerprint density at radius 3 is 2.42 bits per heavy atom.